The monoisotopic (exact) mass is 286 g/mol. The number of aromatic nitrogens is 1. The minimum Gasteiger partial charge on any atom is -0.383 e. The summed E-state index contributed by atoms with van der Waals surface area (Å²) in [4.78, 5) is 17.1. The molecule has 0 saturated carbocycles. The lowest BCUT2D eigenvalue weighted by atomic mass is 10.1. The van der Waals surface area contributed by atoms with Gasteiger partial charge in [-0.25, -0.2) is 4.98 Å². The number of anilines is 1. The summed E-state index contributed by atoms with van der Waals surface area (Å²) in [7, 11) is 0. The summed E-state index contributed by atoms with van der Waals surface area (Å²) in [6.45, 7) is 0. The highest BCUT2D eigenvalue weighted by atomic mass is 32.2. The van der Waals surface area contributed by atoms with Gasteiger partial charge in [0.25, 0.3) is 0 Å². The van der Waals surface area contributed by atoms with Gasteiger partial charge in [-0.05, 0) is 30.4 Å². The van der Waals surface area contributed by atoms with Gasteiger partial charge in [-0.3, -0.25) is 4.79 Å². The van der Waals surface area contributed by atoms with E-state index in [2.05, 4.69) is 17.1 Å². The van der Waals surface area contributed by atoms with Crippen molar-refractivity contribution < 1.29 is 4.79 Å². The standard InChI is InChI=1S/C16H18N2OS/c17-16-13(6-4-10-18-16)12-14(19)7-5-11-20-15-8-2-1-3-9-15/h1-4,6,8-10H,5,7,11-12H2,(H2,17,18). The van der Waals surface area contributed by atoms with Crippen LogP contribution in [0, 0.1) is 0 Å². The van der Waals surface area contributed by atoms with Crippen molar-refractivity contribution in [3.05, 3.63) is 54.2 Å². The van der Waals surface area contributed by atoms with E-state index >= 15 is 0 Å². The summed E-state index contributed by atoms with van der Waals surface area (Å²) in [5.74, 6) is 1.64. The van der Waals surface area contributed by atoms with Crippen molar-refractivity contribution in [2.45, 2.75) is 24.2 Å². The lowest BCUT2D eigenvalue weighted by Crippen LogP contribution is -2.06. The van der Waals surface area contributed by atoms with Crippen molar-refractivity contribution >= 4 is 23.4 Å². The number of rotatable bonds is 7. The molecule has 0 bridgehead atoms. The van der Waals surface area contributed by atoms with E-state index in [0.29, 0.717) is 18.7 Å². The quantitative estimate of drug-likeness (QED) is 0.626. The Bertz CT molecular complexity index is 557. The molecule has 0 aliphatic heterocycles. The first-order valence-corrected chi connectivity index (χ1v) is 7.63. The summed E-state index contributed by atoms with van der Waals surface area (Å²) in [5, 5.41) is 0. The summed E-state index contributed by atoms with van der Waals surface area (Å²) >= 11 is 1.78. The summed E-state index contributed by atoms with van der Waals surface area (Å²) in [6.07, 6.45) is 3.50. The third-order valence-electron chi connectivity index (χ3n) is 2.93. The first-order valence-electron chi connectivity index (χ1n) is 6.64. The van der Waals surface area contributed by atoms with Gasteiger partial charge in [0.2, 0.25) is 0 Å². The normalized spacial score (nSPS) is 10.4. The molecule has 0 amide bonds. The zero-order chi connectivity index (χ0) is 14.2. The van der Waals surface area contributed by atoms with Crippen molar-refractivity contribution in [1.82, 2.24) is 4.98 Å². The minimum atomic E-state index is 0.221. The number of hydrogen-bond donors (Lipinski definition) is 1. The maximum atomic E-state index is 11.9. The highest BCUT2D eigenvalue weighted by Crippen LogP contribution is 2.19. The number of nitrogen functional groups attached to an aromatic ring is 1. The molecule has 3 nitrogen and oxygen atoms in total. The van der Waals surface area contributed by atoms with Crippen molar-refractivity contribution in [2.24, 2.45) is 0 Å². The van der Waals surface area contributed by atoms with E-state index in [4.69, 9.17) is 5.73 Å². The van der Waals surface area contributed by atoms with E-state index in [1.807, 2.05) is 30.3 Å². The van der Waals surface area contributed by atoms with Crippen LogP contribution in [0.2, 0.25) is 0 Å². The average Bonchev–Trinajstić information content (AvgIpc) is 2.47. The van der Waals surface area contributed by atoms with Gasteiger partial charge in [-0.2, -0.15) is 0 Å². The van der Waals surface area contributed by atoms with Gasteiger partial charge < -0.3 is 5.73 Å². The second-order valence-corrected chi connectivity index (χ2v) is 5.70. The number of carbonyl (C=O) groups excluding carboxylic acids is 1. The number of pyridine rings is 1. The number of ketones is 1. The molecule has 1 heterocycles. The maximum absolute atomic E-state index is 11.9. The first-order chi connectivity index (χ1) is 9.75. The van der Waals surface area contributed by atoms with Crippen LogP contribution >= 0.6 is 11.8 Å². The summed E-state index contributed by atoms with van der Waals surface area (Å²) < 4.78 is 0. The van der Waals surface area contributed by atoms with E-state index in [0.717, 1.165) is 17.7 Å². The Kier molecular flexibility index (Phi) is 5.62. The highest BCUT2D eigenvalue weighted by Gasteiger charge is 2.07. The van der Waals surface area contributed by atoms with E-state index in [1.165, 1.54) is 4.90 Å². The van der Waals surface area contributed by atoms with Gasteiger partial charge >= 0.3 is 0 Å². The molecule has 1 aromatic heterocycles. The molecule has 4 heteroatoms. The number of Topliss-reactive ketones (excluding diaryl/α,β-unsaturated/α-hetero) is 1. The minimum absolute atomic E-state index is 0.221. The predicted molar refractivity (Wildman–Crippen MR) is 83.8 cm³/mol. The van der Waals surface area contributed by atoms with E-state index in [-0.39, 0.29) is 5.78 Å². The van der Waals surface area contributed by atoms with E-state index < -0.39 is 0 Å². The molecule has 2 aromatic rings. The molecule has 0 aliphatic rings. The van der Waals surface area contributed by atoms with Gasteiger partial charge in [-0.15, -0.1) is 11.8 Å². The Hall–Kier alpha value is -1.81. The fourth-order valence-electron chi connectivity index (χ4n) is 1.88. The first kappa shape index (κ1) is 14.6. The molecular formula is C16H18N2OS. The Balaban J connectivity index is 1.69. The fourth-order valence-corrected chi connectivity index (χ4v) is 2.75. The molecule has 0 unspecified atom stereocenters. The van der Waals surface area contributed by atoms with Gasteiger partial charge in [0.15, 0.2) is 0 Å². The number of carbonyl (C=O) groups is 1. The molecule has 104 valence electrons. The van der Waals surface area contributed by atoms with Crippen molar-refractivity contribution in [3.63, 3.8) is 0 Å². The van der Waals surface area contributed by atoms with Crippen LogP contribution in [0.4, 0.5) is 5.82 Å². The van der Waals surface area contributed by atoms with Crippen LogP contribution in [0.3, 0.4) is 0 Å². The Morgan fingerprint density at radius 3 is 2.70 bits per heavy atom. The van der Waals surface area contributed by atoms with E-state index in [9.17, 15) is 4.79 Å². The van der Waals surface area contributed by atoms with Crippen LogP contribution in [0.1, 0.15) is 18.4 Å². The van der Waals surface area contributed by atoms with Crippen LogP contribution in [0.15, 0.2) is 53.6 Å². The van der Waals surface area contributed by atoms with Crippen LogP contribution in [-0.4, -0.2) is 16.5 Å². The van der Waals surface area contributed by atoms with Gasteiger partial charge in [0.1, 0.15) is 11.6 Å². The molecule has 20 heavy (non-hydrogen) atoms. The molecule has 0 fully saturated rings. The van der Waals surface area contributed by atoms with Gasteiger partial charge in [0.05, 0.1) is 0 Å². The number of nitrogens with zero attached hydrogens (tertiary/aromatic N) is 1. The molecule has 0 radical (unpaired) electrons. The third kappa shape index (κ3) is 4.70. The van der Waals surface area contributed by atoms with E-state index in [1.54, 1.807) is 18.0 Å². The zero-order valence-electron chi connectivity index (χ0n) is 11.3. The molecule has 0 aliphatic carbocycles. The average molecular weight is 286 g/mol. The molecule has 0 atom stereocenters. The lowest BCUT2D eigenvalue weighted by Gasteiger charge is -2.04. The van der Waals surface area contributed by atoms with Crippen molar-refractivity contribution in [3.8, 4) is 0 Å². The van der Waals surface area contributed by atoms with Gasteiger partial charge in [0, 0.05) is 29.5 Å². The SMILES string of the molecule is Nc1ncccc1CC(=O)CCCSc1ccccc1. The smallest absolute Gasteiger partial charge is 0.137 e. The Morgan fingerprint density at radius 1 is 1.15 bits per heavy atom. The lowest BCUT2D eigenvalue weighted by molar-refractivity contribution is -0.118. The van der Waals surface area contributed by atoms with Gasteiger partial charge in [-0.1, -0.05) is 24.3 Å². The topological polar surface area (TPSA) is 56.0 Å². The highest BCUT2D eigenvalue weighted by molar-refractivity contribution is 7.99. The van der Waals surface area contributed by atoms with Crippen LogP contribution in [0.5, 0.6) is 0 Å². The second kappa shape index (κ2) is 7.70. The summed E-state index contributed by atoms with van der Waals surface area (Å²) in [6, 6.07) is 13.9. The van der Waals surface area contributed by atoms with Crippen LogP contribution in [0.25, 0.3) is 0 Å². The Morgan fingerprint density at radius 2 is 1.95 bits per heavy atom. The number of benzene rings is 1. The largest absolute Gasteiger partial charge is 0.383 e. The van der Waals surface area contributed by atoms with Crippen molar-refractivity contribution in [1.29, 1.82) is 0 Å². The maximum Gasteiger partial charge on any atom is 0.137 e. The number of hydrogen-bond acceptors (Lipinski definition) is 4. The molecule has 0 saturated heterocycles. The Labute approximate surface area is 123 Å². The molecule has 2 N–H and O–H groups in total. The molecular weight excluding hydrogens is 268 g/mol. The second-order valence-electron chi connectivity index (χ2n) is 4.53. The van der Waals surface area contributed by atoms with Crippen LogP contribution in [-0.2, 0) is 11.2 Å². The predicted octanol–water partition coefficient (Wildman–Crippen LogP) is 3.35. The molecule has 1 aromatic carbocycles. The third-order valence-corrected chi connectivity index (χ3v) is 4.02. The molecule has 2 rings (SSSR count). The van der Waals surface area contributed by atoms with Crippen molar-refractivity contribution in [2.75, 3.05) is 11.5 Å². The summed E-state index contributed by atoms with van der Waals surface area (Å²) in [5.41, 5.74) is 6.56. The fraction of sp³-hybridized carbons (Fsp3) is 0.250. The zero-order valence-corrected chi connectivity index (χ0v) is 12.1. The number of nitrogens with two attached hydrogens (primary N) is 1. The van der Waals surface area contributed by atoms with Crippen LogP contribution < -0.4 is 5.73 Å². The number of thioether (sulfide) groups is 1. The molecule has 0 spiro atoms.